The Balaban J connectivity index is 1.37. The lowest BCUT2D eigenvalue weighted by atomic mass is 9.95. The third kappa shape index (κ3) is 5.40. The maximum Gasteiger partial charge on any atom is 0.217 e. The van der Waals surface area contributed by atoms with Crippen LogP contribution in [0.25, 0.3) is 0 Å². The van der Waals surface area contributed by atoms with Gasteiger partial charge in [-0.25, -0.2) is 0 Å². The zero-order chi connectivity index (χ0) is 20.4. The number of hydrogen-bond donors (Lipinski definition) is 1. The molecule has 1 heterocycles. The first-order valence-corrected chi connectivity index (χ1v) is 11.3. The van der Waals surface area contributed by atoms with Gasteiger partial charge >= 0.3 is 0 Å². The highest BCUT2D eigenvalue weighted by atomic mass is 79.9. The Morgan fingerprint density at radius 1 is 1.24 bits per heavy atom. The molecule has 1 unspecified atom stereocenters. The van der Waals surface area contributed by atoms with Crippen LogP contribution < -0.4 is 10.1 Å². The molecule has 0 bridgehead atoms. The number of carbonyl (C=O) groups is 1. The fourth-order valence-corrected chi connectivity index (χ4v) is 4.47. The van der Waals surface area contributed by atoms with Gasteiger partial charge in [0.1, 0.15) is 5.75 Å². The van der Waals surface area contributed by atoms with Gasteiger partial charge in [0, 0.05) is 26.6 Å². The van der Waals surface area contributed by atoms with Crippen LogP contribution in [-0.2, 0) is 24.3 Å². The predicted octanol–water partition coefficient (Wildman–Crippen LogP) is 4.99. The van der Waals surface area contributed by atoms with Gasteiger partial charge in [-0.3, -0.25) is 9.69 Å². The maximum absolute atomic E-state index is 11.3. The zero-order valence-corrected chi connectivity index (χ0v) is 18.8. The number of carbonyl (C=O) groups excluding carboxylic acids is 1. The van der Waals surface area contributed by atoms with Gasteiger partial charge in [0.2, 0.25) is 5.91 Å². The standard InChI is InChI=1S/C24H29BrN2O2/c1-16(26-17(2)28)20-6-7-22-14-27(10-9-21(22)12-20)13-19-5-8-24(23(25)11-19)29-15-18-3-4-18/h5-8,11-12,16,18H,3-4,9-10,13-15H2,1-2H3,(H,26,28). The van der Waals surface area contributed by atoms with Gasteiger partial charge in [0.05, 0.1) is 17.1 Å². The third-order valence-corrected chi connectivity index (χ3v) is 6.44. The highest BCUT2D eigenvalue weighted by molar-refractivity contribution is 9.10. The monoisotopic (exact) mass is 456 g/mol. The first-order chi connectivity index (χ1) is 14.0. The Kier molecular flexibility index (Phi) is 6.26. The minimum absolute atomic E-state index is 0.0107. The summed E-state index contributed by atoms with van der Waals surface area (Å²) >= 11 is 3.67. The largest absolute Gasteiger partial charge is 0.492 e. The minimum Gasteiger partial charge on any atom is -0.492 e. The number of nitrogens with one attached hydrogen (secondary N) is 1. The van der Waals surface area contributed by atoms with Gasteiger partial charge in [-0.1, -0.05) is 24.3 Å². The molecule has 1 aliphatic heterocycles. The second kappa shape index (κ2) is 8.88. The van der Waals surface area contributed by atoms with E-state index in [9.17, 15) is 4.79 Å². The molecule has 2 aliphatic rings. The van der Waals surface area contributed by atoms with Gasteiger partial charge in [-0.2, -0.15) is 0 Å². The van der Waals surface area contributed by atoms with Crippen molar-refractivity contribution in [2.45, 2.75) is 52.2 Å². The lowest BCUT2D eigenvalue weighted by molar-refractivity contribution is -0.119. The Labute approximate surface area is 181 Å². The quantitative estimate of drug-likeness (QED) is 0.637. The van der Waals surface area contributed by atoms with E-state index in [4.69, 9.17) is 4.74 Å². The lowest BCUT2D eigenvalue weighted by Gasteiger charge is -2.29. The van der Waals surface area contributed by atoms with E-state index in [1.54, 1.807) is 6.92 Å². The summed E-state index contributed by atoms with van der Waals surface area (Å²) in [5.41, 5.74) is 5.27. The van der Waals surface area contributed by atoms with Crippen molar-refractivity contribution in [3.63, 3.8) is 0 Å². The highest BCUT2D eigenvalue weighted by Gasteiger charge is 2.22. The van der Waals surface area contributed by atoms with Crippen LogP contribution in [0.3, 0.4) is 0 Å². The van der Waals surface area contributed by atoms with Crippen LogP contribution in [-0.4, -0.2) is 24.0 Å². The average Bonchev–Trinajstić information content (AvgIpc) is 3.51. The molecule has 1 N–H and O–H groups in total. The number of benzene rings is 2. The molecule has 0 spiro atoms. The van der Waals surface area contributed by atoms with E-state index in [0.717, 1.165) is 48.8 Å². The summed E-state index contributed by atoms with van der Waals surface area (Å²) in [7, 11) is 0. The van der Waals surface area contributed by atoms with Crippen LogP contribution in [0.1, 0.15) is 55.0 Å². The number of fused-ring (bicyclic) bond motifs is 1. The summed E-state index contributed by atoms with van der Waals surface area (Å²) in [5, 5.41) is 2.97. The molecule has 0 radical (unpaired) electrons. The maximum atomic E-state index is 11.3. The van der Waals surface area contributed by atoms with Gasteiger partial charge in [-0.15, -0.1) is 0 Å². The number of halogens is 1. The molecule has 4 nitrogen and oxygen atoms in total. The van der Waals surface area contributed by atoms with E-state index in [-0.39, 0.29) is 11.9 Å². The predicted molar refractivity (Wildman–Crippen MR) is 119 cm³/mol. The van der Waals surface area contributed by atoms with Gasteiger partial charge in [-0.05, 0) is 82.4 Å². The van der Waals surface area contributed by atoms with Crippen molar-refractivity contribution in [2.24, 2.45) is 5.92 Å². The van der Waals surface area contributed by atoms with Gasteiger partial charge in [0.15, 0.2) is 0 Å². The topological polar surface area (TPSA) is 41.6 Å². The average molecular weight is 457 g/mol. The molecular weight excluding hydrogens is 428 g/mol. The summed E-state index contributed by atoms with van der Waals surface area (Å²) in [6.45, 7) is 7.38. The molecule has 2 aromatic carbocycles. The first kappa shape index (κ1) is 20.4. The number of ether oxygens (including phenoxy) is 1. The Morgan fingerprint density at radius 2 is 2.07 bits per heavy atom. The molecule has 2 aromatic rings. The van der Waals surface area contributed by atoms with Crippen molar-refractivity contribution in [1.82, 2.24) is 10.2 Å². The summed E-state index contributed by atoms with van der Waals surface area (Å²) in [6, 6.07) is 13.1. The fraction of sp³-hybridized carbons (Fsp3) is 0.458. The summed E-state index contributed by atoms with van der Waals surface area (Å²) in [6.07, 6.45) is 3.65. The second-order valence-electron chi connectivity index (χ2n) is 8.43. The van der Waals surface area contributed by atoms with Crippen LogP contribution >= 0.6 is 15.9 Å². The van der Waals surface area contributed by atoms with Crippen molar-refractivity contribution >= 4 is 21.8 Å². The van der Waals surface area contributed by atoms with E-state index in [1.807, 2.05) is 6.92 Å². The molecule has 4 rings (SSSR count). The summed E-state index contributed by atoms with van der Waals surface area (Å²) in [4.78, 5) is 13.8. The van der Waals surface area contributed by atoms with Crippen molar-refractivity contribution in [3.8, 4) is 5.75 Å². The number of nitrogens with zero attached hydrogens (tertiary/aromatic N) is 1. The van der Waals surface area contributed by atoms with Crippen LogP contribution in [0.4, 0.5) is 0 Å². The lowest BCUT2D eigenvalue weighted by Crippen LogP contribution is -2.30. The number of hydrogen-bond acceptors (Lipinski definition) is 3. The van der Waals surface area contributed by atoms with Crippen molar-refractivity contribution < 1.29 is 9.53 Å². The van der Waals surface area contributed by atoms with Gasteiger partial charge < -0.3 is 10.1 Å². The summed E-state index contributed by atoms with van der Waals surface area (Å²) in [5.74, 6) is 1.72. The molecule has 1 atom stereocenters. The van der Waals surface area contributed by atoms with Crippen LogP contribution in [0.15, 0.2) is 40.9 Å². The van der Waals surface area contributed by atoms with E-state index >= 15 is 0 Å². The molecule has 0 aromatic heterocycles. The van der Waals surface area contributed by atoms with E-state index in [1.165, 1.54) is 35.1 Å². The normalized spacial score (nSPS) is 17.5. The van der Waals surface area contributed by atoms with Crippen LogP contribution in [0, 0.1) is 5.92 Å². The molecule has 1 amide bonds. The molecule has 0 saturated heterocycles. The van der Waals surface area contributed by atoms with E-state index in [0.29, 0.717) is 0 Å². The first-order valence-electron chi connectivity index (χ1n) is 10.5. The smallest absolute Gasteiger partial charge is 0.217 e. The highest BCUT2D eigenvalue weighted by Crippen LogP contribution is 2.33. The number of rotatable bonds is 7. The molecule has 1 aliphatic carbocycles. The van der Waals surface area contributed by atoms with Crippen molar-refractivity contribution in [2.75, 3.05) is 13.2 Å². The minimum atomic E-state index is 0.0107. The third-order valence-electron chi connectivity index (χ3n) is 5.82. The fourth-order valence-electron chi connectivity index (χ4n) is 3.93. The van der Waals surface area contributed by atoms with E-state index in [2.05, 4.69) is 62.5 Å². The Bertz CT molecular complexity index is 894. The molecule has 29 heavy (non-hydrogen) atoms. The second-order valence-corrected chi connectivity index (χ2v) is 9.28. The van der Waals surface area contributed by atoms with Crippen LogP contribution in [0.2, 0.25) is 0 Å². The molecule has 5 heteroatoms. The molecule has 1 fully saturated rings. The molecular formula is C24H29BrN2O2. The Morgan fingerprint density at radius 3 is 2.79 bits per heavy atom. The van der Waals surface area contributed by atoms with E-state index < -0.39 is 0 Å². The summed E-state index contributed by atoms with van der Waals surface area (Å²) < 4.78 is 6.97. The Hall–Kier alpha value is -1.85. The zero-order valence-electron chi connectivity index (χ0n) is 17.2. The van der Waals surface area contributed by atoms with Gasteiger partial charge in [0.25, 0.3) is 0 Å². The number of amides is 1. The van der Waals surface area contributed by atoms with Crippen LogP contribution in [0.5, 0.6) is 5.75 Å². The molecule has 1 saturated carbocycles. The SMILES string of the molecule is CC(=O)NC(C)c1ccc2c(c1)CCN(Cc1ccc(OCC3CC3)c(Br)c1)C2. The molecule has 154 valence electrons. The van der Waals surface area contributed by atoms with Crippen molar-refractivity contribution in [1.29, 1.82) is 0 Å². The van der Waals surface area contributed by atoms with Crippen molar-refractivity contribution in [3.05, 3.63) is 63.1 Å².